The third kappa shape index (κ3) is 3.82. The summed E-state index contributed by atoms with van der Waals surface area (Å²) in [5, 5.41) is 7.98. The zero-order chi connectivity index (χ0) is 26.1. The maximum absolute atomic E-state index is 15.1. The van der Waals surface area contributed by atoms with Crippen molar-refractivity contribution in [3.8, 4) is 11.1 Å². The Morgan fingerprint density at radius 3 is 2.76 bits per heavy atom. The molecule has 3 aromatic rings. The normalized spacial score (nSPS) is 19.9. The number of carbonyl (C=O) groups excluding carboxylic acids is 1. The summed E-state index contributed by atoms with van der Waals surface area (Å²) >= 11 is 0. The number of nitrogens with zero attached hydrogens (tertiary/aromatic N) is 4. The number of aromatic amines is 1. The first-order valence-electron chi connectivity index (χ1n) is 12.7. The number of anilines is 1. The second-order valence-corrected chi connectivity index (χ2v) is 11.3. The van der Waals surface area contributed by atoms with Gasteiger partial charge in [-0.2, -0.15) is 5.10 Å². The maximum atomic E-state index is 15.1. The zero-order valence-corrected chi connectivity index (χ0v) is 21.4. The molecule has 0 bridgehead atoms. The van der Waals surface area contributed by atoms with Gasteiger partial charge in [0.25, 0.3) is 6.43 Å². The van der Waals surface area contributed by atoms with Gasteiger partial charge in [0.05, 0.1) is 35.2 Å². The van der Waals surface area contributed by atoms with Gasteiger partial charge >= 0.3 is 0 Å². The van der Waals surface area contributed by atoms with E-state index in [-0.39, 0.29) is 23.5 Å². The summed E-state index contributed by atoms with van der Waals surface area (Å²) < 4.78 is 36.4. The predicted molar refractivity (Wildman–Crippen MR) is 138 cm³/mol. The Hall–Kier alpha value is -3.33. The van der Waals surface area contributed by atoms with Crippen LogP contribution < -0.4 is 4.90 Å². The smallest absolute Gasteiger partial charge is 0.268 e. The van der Waals surface area contributed by atoms with Gasteiger partial charge in [-0.15, -0.1) is 0 Å². The Balaban J connectivity index is 1.52. The average molecular weight is 508 g/mol. The van der Waals surface area contributed by atoms with Gasteiger partial charge in [0.2, 0.25) is 5.91 Å². The summed E-state index contributed by atoms with van der Waals surface area (Å²) in [6, 6.07) is 3.87. The third-order valence-corrected chi connectivity index (χ3v) is 8.18. The quantitative estimate of drug-likeness (QED) is 0.506. The highest BCUT2D eigenvalue weighted by molar-refractivity contribution is 5.99. The second kappa shape index (κ2) is 8.34. The summed E-state index contributed by atoms with van der Waals surface area (Å²) in [4.78, 5) is 20.7. The van der Waals surface area contributed by atoms with Crippen LogP contribution in [-0.2, 0) is 22.6 Å². The number of benzene rings is 1. The minimum Gasteiger partial charge on any atom is -0.370 e. The van der Waals surface area contributed by atoms with E-state index < -0.39 is 12.0 Å². The van der Waals surface area contributed by atoms with E-state index in [1.807, 2.05) is 37.8 Å². The van der Waals surface area contributed by atoms with Gasteiger partial charge in [0, 0.05) is 54.5 Å². The van der Waals surface area contributed by atoms with E-state index in [2.05, 4.69) is 16.8 Å². The Kier molecular flexibility index (Phi) is 5.42. The van der Waals surface area contributed by atoms with E-state index in [1.165, 1.54) is 6.08 Å². The molecule has 2 aromatic heterocycles. The molecule has 2 fully saturated rings. The molecule has 3 aliphatic heterocycles. The number of amides is 1. The number of aryl methyl sites for hydroxylation is 1. The van der Waals surface area contributed by atoms with Crippen LogP contribution in [0.4, 0.5) is 14.6 Å². The van der Waals surface area contributed by atoms with E-state index in [1.54, 1.807) is 11.1 Å². The topological polar surface area (TPSA) is 74.4 Å². The van der Waals surface area contributed by atoms with E-state index in [0.29, 0.717) is 44.0 Å². The van der Waals surface area contributed by atoms with Crippen molar-refractivity contribution in [1.29, 1.82) is 0 Å². The van der Waals surface area contributed by atoms with E-state index in [0.717, 1.165) is 39.7 Å². The summed E-state index contributed by atoms with van der Waals surface area (Å²) in [5.41, 5.74) is 3.93. The number of alkyl halides is 2. The fourth-order valence-corrected chi connectivity index (χ4v) is 6.31. The molecule has 1 N–H and O–H groups in total. The van der Waals surface area contributed by atoms with Gasteiger partial charge in [-0.1, -0.05) is 12.6 Å². The van der Waals surface area contributed by atoms with E-state index in [4.69, 9.17) is 9.72 Å². The summed E-state index contributed by atoms with van der Waals surface area (Å²) in [5.74, 6) is 0.268. The Bertz CT molecular complexity index is 1420. The molecular formula is C28H31F2N5O2. The lowest BCUT2D eigenvalue weighted by Crippen LogP contribution is -2.59. The van der Waals surface area contributed by atoms with Gasteiger partial charge in [0.15, 0.2) is 0 Å². The Morgan fingerprint density at radius 1 is 1.24 bits per heavy atom. The molecule has 3 aliphatic rings. The first-order chi connectivity index (χ1) is 17.6. The number of nitrogens with one attached hydrogen (secondary N) is 1. The lowest BCUT2D eigenvalue weighted by atomic mass is 9.79. The number of likely N-dealkylation sites (tertiary alicyclic amines) is 1. The average Bonchev–Trinajstić information content (AvgIpc) is 3.48. The van der Waals surface area contributed by atoms with Crippen LogP contribution in [0.15, 0.2) is 31.0 Å². The third-order valence-electron chi connectivity index (χ3n) is 8.18. The lowest BCUT2D eigenvalue weighted by Gasteiger charge is -2.47. The Labute approximate surface area is 214 Å². The first-order valence-corrected chi connectivity index (χ1v) is 12.7. The number of halogens is 2. The van der Waals surface area contributed by atoms with Crippen molar-refractivity contribution in [3.05, 3.63) is 53.4 Å². The summed E-state index contributed by atoms with van der Waals surface area (Å²) in [7, 11) is 0. The number of pyridine rings is 1. The second-order valence-electron chi connectivity index (χ2n) is 11.3. The molecule has 2 saturated heterocycles. The molecule has 0 saturated carbocycles. The summed E-state index contributed by atoms with van der Waals surface area (Å²) in [6.45, 7) is 12.2. The van der Waals surface area contributed by atoms with Crippen molar-refractivity contribution in [2.75, 3.05) is 31.1 Å². The van der Waals surface area contributed by atoms with Crippen molar-refractivity contribution in [1.82, 2.24) is 20.1 Å². The molecule has 1 spiro atoms. The van der Waals surface area contributed by atoms with Gasteiger partial charge in [-0.05, 0) is 50.5 Å². The fourth-order valence-electron chi connectivity index (χ4n) is 6.31. The molecule has 1 amide bonds. The van der Waals surface area contributed by atoms with Crippen molar-refractivity contribution in [2.24, 2.45) is 5.41 Å². The molecule has 0 atom stereocenters. The highest BCUT2D eigenvalue weighted by Gasteiger charge is 2.50. The van der Waals surface area contributed by atoms with Crippen LogP contribution in [0, 0.1) is 12.3 Å². The molecule has 7 nitrogen and oxygen atoms in total. The van der Waals surface area contributed by atoms with Crippen molar-refractivity contribution in [3.63, 3.8) is 0 Å². The minimum absolute atomic E-state index is 0.0470. The lowest BCUT2D eigenvalue weighted by molar-refractivity contribution is -0.136. The van der Waals surface area contributed by atoms with Gasteiger partial charge in [-0.25, -0.2) is 13.8 Å². The van der Waals surface area contributed by atoms with Crippen LogP contribution in [0.1, 0.15) is 49.1 Å². The van der Waals surface area contributed by atoms with Crippen molar-refractivity contribution >= 4 is 22.6 Å². The minimum atomic E-state index is -2.73. The molecule has 0 unspecified atom stereocenters. The van der Waals surface area contributed by atoms with Crippen molar-refractivity contribution in [2.45, 2.75) is 52.2 Å². The summed E-state index contributed by atoms with van der Waals surface area (Å²) in [6.07, 6.45) is 1.67. The fraction of sp³-hybridized carbons (Fsp3) is 0.464. The number of H-pyrrole nitrogens is 1. The molecule has 9 heteroatoms. The largest absolute Gasteiger partial charge is 0.370 e. The monoisotopic (exact) mass is 507 g/mol. The van der Waals surface area contributed by atoms with Crippen LogP contribution in [0.5, 0.6) is 0 Å². The molecule has 37 heavy (non-hydrogen) atoms. The predicted octanol–water partition coefficient (Wildman–Crippen LogP) is 4.95. The molecule has 0 aliphatic carbocycles. The zero-order valence-electron chi connectivity index (χ0n) is 21.4. The highest BCUT2D eigenvalue weighted by Crippen LogP contribution is 2.49. The van der Waals surface area contributed by atoms with Gasteiger partial charge in [-0.3, -0.25) is 9.89 Å². The van der Waals surface area contributed by atoms with Gasteiger partial charge < -0.3 is 14.5 Å². The van der Waals surface area contributed by atoms with Crippen LogP contribution >= 0.6 is 0 Å². The SMILES string of the molecule is C=CC(=O)N1CC2(CCN(c3nc4c(c(-c5c(C)ccc6[nH]ncc56)c3C(F)F)COC(C)(C)C4)C2)C1. The van der Waals surface area contributed by atoms with E-state index in [9.17, 15) is 4.79 Å². The number of ether oxygens (including phenoxy) is 1. The first kappa shape index (κ1) is 24.0. The van der Waals surface area contributed by atoms with Gasteiger partial charge in [0.1, 0.15) is 5.82 Å². The number of fused-ring (bicyclic) bond motifs is 2. The van der Waals surface area contributed by atoms with E-state index >= 15 is 8.78 Å². The standard InChI is InChI=1S/C28H31F2N5O2/c1-5-21(36)35-14-28(15-35)8-9-34(13-28)26-24(25(29)30)23(18-12-37-27(3,4)10-20(18)32-26)22-16(2)6-7-19-17(22)11-31-33-19/h5-7,11,25H,1,8-10,12-15H2,2-4H3,(H,31,33). The number of carbonyl (C=O) groups is 1. The molecule has 194 valence electrons. The van der Waals surface area contributed by atoms with Crippen LogP contribution in [-0.4, -0.2) is 57.8 Å². The molecule has 1 aromatic carbocycles. The van der Waals surface area contributed by atoms with Crippen LogP contribution in [0.2, 0.25) is 0 Å². The van der Waals surface area contributed by atoms with Crippen LogP contribution in [0.3, 0.4) is 0 Å². The molecule has 6 rings (SSSR count). The maximum Gasteiger partial charge on any atom is 0.268 e. The van der Waals surface area contributed by atoms with Crippen LogP contribution in [0.25, 0.3) is 22.0 Å². The number of hydrogen-bond donors (Lipinski definition) is 1. The number of rotatable bonds is 4. The van der Waals surface area contributed by atoms with Crippen molar-refractivity contribution < 1.29 is 18.3 Å². The Morgan fingerprint density at radius 2 is 2.03 bits per heavy atom. The number of aromatic nitrogens is 3. The molecular weight excluding hydrogens is 476 g/mol. The molecule has 5 heterocycles. The number of hydrogen-bond acceptors (Lipinski definition) is 5. The molecule has 0 radical (unpaired) electrons. The highest BCUT2D eigenvalue weighted by atomic mass is 19.3.